The molecule has 3 aliphatic rings. The van der Waals surface area contributed by atoms with Crippen molar-refractivity contribution in [2.24, 2.45) is 0 Å². The predicted octanol–water partition coefficient (Wildman–Crippen LogP) is 4.25. The Morgan fingerprint density at radius 3 is 2.44 bits per heavy atom. The van der Waals surface area contributed by atoms with E-state index in [-0.39, 0.29) is 16.8 Å². The molecule has 4 rings (SSSR count). The van der Waals surface area contributed by atoms with E-state index >= 15 is 0 Å². The van der Waals surface area contributed by atoms with Crippen LogP contribution in [-0.4, -0.2) is 46.6 Å². The van der Waals surface area contributed by atoms with E-state index in [1.807, 2.05) is 34.1 Å². The van der Waals surface area contributed by atoms with Gasteiger partial charge in [-0.05, 0) is 49.9 Å². The number of anilines is 1. The lowest BCUT2D eigenvalue weighted by atomic mass is 9.95. The summed E-state index contributed by atoms with van der Waals surface area (Å²) in [5, 5.41) is 3.88. The van der Waals surface area contributed by atoms with Gasteiger partial charge in [0.1, 0.15) is 0 Å². The molecule has 2 saturated heterocycles. The average molecular weight is 408 g/mol. The molecule has 1 saturated carbocycles. The third-order valence-electron chi connectivity index (χ3n) is 5.97. The molecule has 0 aromatic heterocycles. The summed E-state index contributed by atoms with van der Waals surface area (Å²) in [5.74, 6) is 0.638. The third-order valence-corrected chi connectivity index (χ3v) is 7.74. The molecule has 0 bridgehead atoms. The number of piperidine rings is 1. The quantitative estimate of drug-likeness (QED) is 0.797. The Bertz CT molecular complexity index is 698. The predicted molar refractivity (Wildman–Crippen MR) is 110 cm³/mol. The van der Waals surface area contributed by atoms with E-state index in [0.717, 1.165) is 31.4 Å². The zero-order valence-electron chi connectivity index (χ0n) is 15.5. The van der Waals surface area contributed by atoms with Crippen LogP contribution in [0, 0.1) is 0 Å². The second kappa shape index (κ2) is 7.92. The van der Waals surface area contributed by atoms with Crippen molar-refractivity contribution >= 4 is 41.0 Å². The van der Waals surface area contributed by atoms with Gasteiger partial charge in [-0.2, -0.15) is 0 Å². The fourth-order valence-corrected chi connectivity index (χ4v) is 5.92. The van der Waals surface area contributed by atoms with Crippen LogP contribution < -0.4 is 10.2 Å². The Balaban J connectivity index is 1.41. The fraction of sp³-hybridized carbons (Fsp3) is 0.600. The van der Waals surface area contributed by atoms with Crippen LogP contribution in [0.4, 0.5) is 10.5 Å². The van der Waals surface area contributed by atoms with Gasteiger partial charge in [0.05, 0.1) is 10.6 Å². The number of thioether (sulfide) groups is 1. The van der Waals surface area contributed by atoms with Gasteiger partial charge in [0, 0.05) is 29.8 Å². The Hall–Kier alpha value is -1.40. The van der Waals surface area contributed by atoms with Crippen molar-refractivity contribution < 1.29 is 9.59 Å². The molecule has 1 aromatic rings. The molecule has 0 atom stereocenters. The lowest BCUT2D eigenvalue weighted by Crippen LogP contribution is -2.55. The van der Waals surface area contributed by atoms with E-state index in [1.54, 1.807) is 11.8 Å². The summed E-state index contributed by atoms with van der Waals surface area (Å²) in [7, 11) is 0. The second-order valence-electron chi connectivity index (χ2n) is 7.71. The SMILES string of the molecule is O=C(NC1CCCCC1)N1CCC2(CC1)SCC(=O)N2c1ccc(Cl)cc1. The molecule has 146 valence electrons. The summed E-state index contributed by atoms with van der Waals surface area (Å²) < 4.78 is 0. The maximum Gasteiger partial charge on any atom is 0.317 e. The van der Waals surface area contributed by atoms with E-state index in [0.29, 0.717) is 29.9 Å². The molecule has 0 unspecified atom stereocenters. The number of carbonyl (C=O) groups excluding carboxylic acids is 2. The van der Waals surface area contributed by atoms with Gasteiger partial charge in [0.15, 0.2) is 0 Å². The van der Waals surface area contributed by atoms with Crippen LogP contribution in [0.25, 0.3) is 0 Å². The Morgan fingerprint density at radius 1 is 1.11 bits per heavy atom. The number of urea groups is 1. The molecular weight excluding hydrogens is 382 g/mol. The first kappa shape index (κ1) is 18.9. The molecule has 27 heavy (non-hydrogen) atoms. The number of nitrogens with one attached hydrogen (secondary N) is 1. The summed E-state index contributed by atoms with van der Waals surface area (Å²) in [6, 6.07) is 7.87. The molecule has 1 aliphatic carbocycles. The van der Waals surface area contributed by atoms with Crippen LogP contribution in [0.15, 0.2) is 24.3 Å². The van der Waals surface area contributed by atoms with Crippen LogP contribution in [0.3, 0.4) is 0 Å². The van der Waals surface area contributed by atoms with Gasteiger partial charge in [-0.3, -0.25) is 9.69 Å². The molecule has 3 amide bonds. The van der Waals surface area contributed by atoms with E-state index < -0.39 is 0 Å². The molecule has 7 heteroatoms. The van der Waals surface area contributed by atoms with Gasteiger partial charge < -0.3 is 10.2 Å². The maximum absolute atomic E-state index is 12.6. The highest BCUT2D eigenvalue weighted by Gasteiger charge is 2.49. The van der Waals surface area contributed by atoms with Gasteiger partial charge in [0.2, 0.25) is 5.91 Å². The Labute approximate surface area is 169 Å². The second-order valence-corrected chi connectivity index (χ2v) is 9.49. The van der Waals surface area contributed by atoms with Crippen molar-refractivity contribution in [1.29, 1.82) is 0 Å². The van der Waals surface area contributed by atoms with Gasteiger partial charge >= 0.3 is 6.03 Å². The van der Waals surface area contributed by atoms with Crippen molar-refractivity contribution in [2.75, 3.05) is 23.7 Å². The first-order valence-corrected chi connectivity index (χ1v) is 11.2. The van der Waals surface area contributed by atoms with Crippen LogP contribution >= 0.6 is 23.4 Å². The molecule has 1 spiro atoms. The van der Waals surface area contributed by atoms with Crippen molar-refractivity contribution in [2.45, 2.75) is 55.9 Å². The van der Waals surface area contributed by atoms with Crippen molar-refractivity contribution in [1.82, 2.24) is 10.2 Å². The monoisotopic (exact) mass is 407 g/mol. The van der Waals surface area contributed by atoms with Crippen LogP contribution in [0.5, 0.6) is 0 Å². The minimum absolute atomic E-state index is 0.0594. The van der Waals surface area contributed by atoms with E-state index in [2.05, 4.69) is 5.32 Å². The van der Waals surface area contributed by atoms with Crippen molar-refractivity contribution in [3.63, 3.8) is 0 Å². The number of nitrogens with zero attached hydrogens (tertiary/aromatic N) is 2. The Morgan fingerprint density at radius 2 is 1.78 bits per heavy atom. The summed E-state index contributed by atoms with van der Waals surface area (Å²) in [6.45, 7) is 1.37. The highest BCUT2D eigenvalue weighted by atomic mass is 35.5. The van der Waals surface area contributed by atoms with Gasteiger partial charge in [0.25, 0.3) is 0 Å². The molecule has 1 N–H and O–H groups in total. The third kappa shape index (κ3) is 3.92. The zero-order valence-corrected chi connectivity index (χ0v) is 17.0. The van der Waals surface area contributed by atoms with Crippen LogP contribution in [0.1, 0.15) is 44.9 Å². The van der Waals surface area contributed by atoms with E-state index in [9.17, 15) is 9.59 Å². The van der Waals surface area contributed by atoms with Crippen LogP contribution in [-0.2, 0) is 4.79 Å². The number of benzene rings is 1. The molecule has 2 heterocycles. The summed E-state index contributed by atoms with van der Waals surface area (Å²) in [5.41, 5.74) is 0.898. The summed E-state index contributed by atoms with van der Waals surface area (Å²) in [6.07, 6.45) is 7.49. The maximum atomic E-state index is 12.6. The number of amides is 3. The van der Waals surface area contributed by atoms with Gasteiger partial charge in [-0.1, -0.05) is 30.9 Å². The van der Waals surface area contributed by atoms with Crippen molar-refractivity contribution in [3.05, 3.63) is 29.3 Å². The number of rotatable bonds is 2. The number of hydrogen-bond donors (Lipinski definition) is 1. The smallest absolute Gasteiger partial charge is 0.317 e. The molecule has 3 fully saturated rings. The topological polar surface area (TPSA) is 52.7 Å². The number of likely N-dealkylation sites (tertiary alicyclic amines) is 1. The number of hydrogen-bond acceptors (Lipinski definition) is 3. The van der Waals surface area contributed by atoms with Crippen molar-refractivity contribution in [3.8, 4) is 0 Å². The standard InChI is InChI=1S/C20H26ClN3O2S/c21-15-6-8-17(9-7-15)24-18(25)14-27-20(24)10-12-23(13-11-20)19(26)22-16-4-2-1-3-5-16/h6-9,16H,1-5,10-14H2,(H,22,26). The molecular formula is C20H26ClN3O2S. The minimum Gasteiger partial charge on any atom is -0.335 e. The largest absolute Gasteiger partial charge is 0.335 e. The average Bonchev–Trinajstić information content (AvgIpc) is 3.00. The van der Waals surface area contributed by atoms with E-state index in [4.69, 9.17) is 11.6 Å². The van der Waals surface area contributed by atoms with E-state index in [1.165, 1.54) is 19.3 Å². The zero-order chi connectivity index (χ0) is 18.9. The summed E-state index contributed by atoms with van der Waals surface area (Å²) in [4.78, 5) is 28.8. The van der Waals surface area contributed by atoms with Crippen LogP contribution in [0.2, 0.25) is 5.02 Å². The molecule has 5 nitrogen and oxygen atoms in total. The summed E-state index contributed by atoms with van der Waals surface area (Å²) >= 11 is 7.72. The first-order chi connectivity index (χ1) is 13.1. The molecule has 0 radical (unpaired) electrons. The number of halogens is 1. The highest BCUT2D eigenvalue weighted by Crippen LogP contribution is 2.46. The lowest BCUT2D eigenvalue weighted by molar-refractivity contribution is -0.116. The fourth-order valence-electron chi connectivity index (χ4n) is 4.46. The number of carbonyl (C=O) groups is 2. The first-order valence-electron chi connectivity index (χ1n) is 9.85. The minimum atomic E-state index is -0.244. The Kier molecular flexibility index (Phi) is 5.55. The molecule has 1 aromatic carbocycles. The lowest BCUT2D eigenvalue weighted by Gasteiger charge is -2.44. The highest BCUT2D eigenvalue weighted by molar-refractivity contribution is 8.02. The normalized spacial score (nSPS) is 23.1. The molecule has 2 aliphatic heterocycles. The van der Waals surface area contributed by atoms with Gasteiger partial charge in [-0.15, -0.1) is 11.8 Å². The van der Waals surface area contributed by atoms with Gasteiger partial charge in [-0.25, -0.2) is 4.79 Å².